The van der Waals surface area contributed by atoms with E-state index in [4.69, 9.17) is 0 Å². The number of rotatable bonds is 9. The number of nitrogens with one attached hydrogen (secondary N) is 1. The zero-order valence-electron chi connectivity index (χ0n) is 17.2. The molecule has 0 unspecified atom stereocenters. The lowest BCUT2D eigenvalue weighted by Crippen LogP contribution is -2.46. The summed E-state index contributed by atoms with van der Waals surface area (Å²) in [5.74, 6) is 0. The molecule has 0 saturated carbocycles. The van der Waals surface area contributed by atoms with Gasteiger partial charge in [0.05, 0.1) is 5.69 Å². The van der Waals surface area contributed by atoms with Crippen LogP contribution in [0.1, 0.15) is 35.4 Å². The maximum atomic E-state index is 4.49. The first-order valence-electron chi connectivity index (χ1n) is 10.3. The van der Waals surface area contributed by atoms with Gasteiger partial charge in [-0.1, -0.05) is 30.3 Å². The Morgan fingerprint density at radius 2 is 1.67 bits per heavy atom. The van der Waals surface area contributed by atoms with Crippen LogP contribution in [0.3, 0.4) is 0 Å². The summed E-state index contributed by atoms with van der Waals surface area (Å²) >= 11 is 0. The second-order valence-corrected chi connectivity index (χ2v) is 7.76. The third-order valence-electron chi connectivity index (χ3n) is 5.75. The van der Waals surface area contributed by atoms with Gasteiger partial charge < -0.3 is 10.2 Å². The molecule has 1 saturated heterocycles. The van der Waals surface area contributed by atoms with Crippen LogP contribution >= 0.6 is 0 Å². The van der Waals surface area contributed by atoms with Crippen molar-refractivity contribution in [2.45, 2.75) is 39.8 Å². The van der Waals surface area contributed by atoms with Crippen molar-refractivity contribution in [2.75, 3.05) is 39.3 Å². The third kappa shape index (κ3) is 5.89. The van der Waals surface area contributed by atoms with Crippen LogP contribution in [-0.2, 0) is 20.1 Å². The van der Waals surface area contributed by atoms with E-state index in [0.29, 0.717) is 0 Å². The van der Waals surface area contributed by atoms with Gasteiger partial charge in [-0.25, -0.2) is 0 Å². The molecule has 27 heavy (non-hydrogen) atoms. The van der Waals surface area contributed by atoms with Crippen LogP contribution in [0, 0.1) is 13.8 Å². The van der Waals surface area contributed by atoms with Gasteiger partial charge in [-0.2, -0.15) is 5.10 Å². The van der Waals surface area contributed by atoms with Crippen molar-refractivity contribution in [1.82, 2.24) is 24.9 Å². The maximum absolute atomic E-state index is 4.49. The first-order chi connectivity index (χ1) is 13.1. The molecular formula is C22H35N5. The monoisotopic (exact) mass is 369 g/mol. The summed E-state index contributed by atoms with van der Waals surface area (Å²) in [5.41, 5.74) is 5.20. The molecule has 0 amide bonds. The van der Waals surface area contributed by atoms with Crippen LogP contribution in [0.5, 0.6) is 0 Å². The van der Waals surface area contributed by atoms with E-state index < -0.39 is 0 Å². The molecule has 0 atom stereocenters. The Morgan fingerprint density at radius 1 is 0.963 bits per heavy atom. The minimum atomic E-state index is 0.934. The Morgan fingerprint density at radius 3 is 2.33 bits per heavy atom. The smallest absolute Gasteiger partial charge is 0.0641 e. The van der Waals surface area contributed by atoms with E-state index >= 15 is 0 Å². The Balaban J connectivity index is 1.25. The van der Waals surface area contributed by atoms with Gasteiger partial charge in [0.25, 0.3) is 0 Å². The summed E-state index contributed by atoms with van der Waals surface area (Å²) in [7, 11) is 2.02. The van der Waals surface area contributed by atoms with E-state index in [-0.39, 0.29) is 0 Å². The van der Waals surface area contributed by atoms with Gasteiger partial charge in [0, 0.05) is 57.6 Å². The Labute approximate surface area is 164 Å². The molecule has 0 aliphatic carbocycles. The predicted molar refractivity (Wildman–Crippen MR) is 112 cm³/mol. The molecule has 1 aliphatic heterocycles. The minimum Gasteiger partial charge on any atom is -0.313 e. The fraction of sp³-hybridized carbons (Fsp3) is 0.591. The topological polar surface area (TPSA) is 36.3 Å². The summed E-state index contributed by atoms with van der Waals surface area (Å²) in [5, 5.41) is 8.07. The predicted octanol–water partition coefficient (Wildman–Crippen LogP) is 2.72. The standard InChI is InChI=1S/C22H35N5/c1-19-22(20(2)25(3)24-19)17-23-11-7-8-12-26-13-15-27(16-14-26)18-21-9-5-4-6-10-21/h4-6,9-10,23H,7-8,11-18H2,1-3H3. The molecule has 0 radical (unpaired) electrons. The average Bonchev–Trinajstić information content (AvgIpc) is 2.92. The van der Waals surface area contributed by atoms with E-state index in [1.165, 1.54) is 62.4 Å². The van der Waals surface area contributed by atoms with Crippen LogP contribution in [0.15, 0.2) is 30.3 Å². The molecule has 2 heterocycles. The lowest BCUT2D eigenvalue weighted by molar-refractivity contribution is 0.125. The lowest BCUT2D eigenvalue weighted by atomic mass is 10.2. The molecule has 1 aromatic carbocycles. The summed E-state index contributed by atoms with van der Waals surface area (Å²) in [6, 6.07) is 10.8. The summed E-state index contributed by atoms with van der Waals surface area (Å²) in [4.78, 5) is 5.20. The number of unbranched alkanes of at least 4 members (excludes halogenated alkanes) is 1. The van der Waals surface area contributed by atoms with Gasteiger partial charge in [0.15, 0.2) is 0 Å². The molecule has 1 N–H and O–H groups in total. The number of hydrogen-bond acceptors (Lipinski definition) is 4. The summed E-state index contributed by atoms with van der Waals surface area (Å²) in [6.45, 7) is 13.4. The molecule has 5 nitrogen and oxygen atoms in total. The molecule has 148 valence electrons. The fourth-order valence-electron chi connectivity index (χ4n) is 3.88. The number of aryl methyl sites for hydroxylation is 2. The summed E-state index contributed by atoms with van der Waals surface area (Å²) < 4.78 is 1.98. The van der Waals surface area contributed by atoms with E-state index in [1.807, 2.05) is 11.7 Å². The highest BCUT2D eigenvalue weighted by atomic mass is 15.3. The molecule has 2 aromatic rings. The van der Waals surface area contributed by atoms with Crippen LogP contribution in [-0.4, -0.2) is 58.8 Å². The van der Waals surface area contributed by atoms with Gasteiger partial charge in [-0.15, -0.1) is 0 Å². The number of hydrogen-bond donors (Lipinski definition) is 1. The molecule has 3 rings (SSSR count). The van der Waals surface area contributed by atoms with Crippen molar-refractivity contribution in [3.63, 3.8) is 0 Å². The van der Waals surface area contributed by atoms with E-state index in [2.05, 4.69) is 64.4 Å². The van der Waals surface area contributed by atoms with Crippen LogP contribution in [0.4, 0.5) is 0 Å². The van der Waals surface area contributed by atoms with Crippen molar-refractivity contribution >= 4 is 0 Å². The molecule has 1 fully saturated rings. The Hall–Kier alpha value is -1.69. The van der Waals surface area contributed by atoms with Crippen LogP contribution in [0.2, 0.25) is 0 Å². The van der Waals surface area contributed by atoms with Crippen molar-refractivity contribution < 1.29 is 0 Å². The number of piperazine rings is 1. The SMILES string of the molecule is Cc1nn(C)c(C)c1CNCCCCN1CCN(Cc2ccccc2)CC1. The first kappa shape index (κ1) is 20.1. The number of benzene rings is 1. The van der Waals surface area contributed by atoms with Crippen LogP contribution < -0.4 is 5.32 Å². The molecule has 5 heteroatoms. The van der Waals surface area contributed by atoms with Gasteiger partial charge in [0.1, 0.15) is 0 Å². The van der Waals surface area contributed by atoms with Crippen molar-refractivity contribution in [3.8, 4) is 0 Å². The third-order valence-corrected chi connectivity index (χ3v) is 5.75. The zero-order chi connectivity index (χ0) is 19.1. The van der Waals surface area contributed by atoms with Crippen molar-refractivity contribution in [1.29, 1.82) is 0 Å². The van der Waals surface area contributed by atoms with E-state index in [1.54, 1.807) is 0 Å². The normalized spacial score (nSPS) is 16.1. The highest BCUT2D eigenvalue weighted by Gasteiger charge is 2.16. The highest BCUT2D eigenvalue weighted by molar-refractivity contribution is 5.23. The van der Waals surface area contributed by atoms with Gasteiger partial charge in [-0.3, -0.25) is 9.58 Å². The molecule has 1 aromatic heterocycles. The zero-order valence-corrected chi connectivity index (χ0v) is 17.2. The van der Waals surface area contributed by atoms with E-state index in [9.17, 15) is 0 Å². The first-order valence-corrected chi connectivity index (χ1v) is 10.3. The number of nitrogens with zero attached hydrogens (tertiary/aromatic N) is 4. The van der Waals surface area contributed by atoms with Gasteiger partial charge in [-0.05, 0) is 45.3 Å². The van der Waals surface area contributed by atoms with E-state index in [0.717, 1.165) is 25.3 Å². The Kier molecular flexibility index (Phi) is 7.44. The quantitative estimate of drug-likeness (QED) is 0.690. The average molecular weight is 370 g/mol. The second kappa shape index (κ2) is 10.0. The van der Waals surface area contributed by atoms with Gasteiger partial charge in [0.2, 0.25) is 0 Å². The largest absolute Gasteiger partial charge is 0.313 e. The molecule has 0 spiro atoms. The van der Waals surface area contributed by atoms with Crippen LogP contribution in [0.25, 0.3) is 0 Å². The molecular weight excluding hydrogens is 334 g/mol. The van der Waals surface area contributed by atoms with Gasteiger partial charge >= 0.3 is 0 Å². The minimum absolute atomic E-state index is 0.934. The Bertz CT molecular complexity index is 686. The fourth-order valence-corrected chi connectivity index (χ4v) is 3.88. The second-order valence-electron chi connectivity index (χ2n) is 7.76. The number of aromatic nitrogens is 2. The van der Waals surface area contributed by atoms with Crippen molar-refractivity contribution in [2.24, 2.45) is 7.05 Å². The maximum Gasteiger partial charge on any atom is 0.0641 e. The molecule has 1 aliphatic rings. The van der Waals surface area contributed by atoms with Crippen molar-refractivity contribution in [3.05, 3.63) is 52.8 Å². The molecule has 0 bridgehead atoms. The summed E-state index contributed by atoms with van der Waals surface area (Å²) in [6.07, 6.45) is 2.51. The lowest BCUT2D eigenvalue weighted by Gasteiger charge is -2.34. The highest BCUT2D eigenvalue weighted by Crippen LogP contribution is 2.11.